The van der Waals surface area contributed by atoms with Crippen LogP contribution in [0.15, 0.2) is 58.0 Å². The van der Waals surface area contributed by atoms with E-state index in [-0.39, 0.29) is 0 Å². The van der Waals surface area contributed by atoms with Crippen molar-refractivity contribution < 1.29 is 4.74 Å². The largest absolute Gasteiger partial charge is 0.488 e. The van der Waals surface area contributed by atoms with Crippen molar-refractivity contribution in [2.45, 2.75) is 19.9 Å². The summed E-state index contributed by atoms with van der Waals surface area (Å²) in [6.07, 6.45) is 2.80. The molecule has 0 amide bonds. The van der Waals surface area contributed by atoms with Gasteiger partial charge in [0.05, 0.1) is 4.47 Å². The summed E-state index contributed by atoms with van der Waals surface area (Å²) >= 11 is 7.08. The van der Waals surface area contributed by atoms with Crippen LogP contribution in [0, 0.1) is 0 Å². The third-order valence-electron chi connectivity index (χ3n) is 3.28. The highest BCUT2D eigenvalue weighted by molar-refractivity contribution is 9.11. The number of nitrogens with one attached hydrogen (secondary N) is 1. The summed E-state index contributed by atoms with van der Waals surface area (Å²) in [6.45, 7) is 7.03. The Hall–Kier alpha value is -1.26. The molecule has 2 aromatic rings. The van der Waals surface area contributed by atoms with Gasteiger partial charge in [0.15, 0.2) is 0 Å². The number of hydrogen-bond donors (Lipinski definition) is 1. The molecule has 1 N–H and O–H groups in total. The van der Waals surface area contributed by atoms with Gasteiger partial charge in [0.25, 0.3) is 0 Å². The van der Waals surface area contributed by atoms with E-state index in [1.807, 2.05) is 6.07 Å². The zero-order chi connectivity index (χ0) is 15.9. The van der Waals surface area contributed by atoms with Crippen molar-refractivity contribution in [3.8, 4) is 5.75 Å². The quantitative estimate of drug-likeness (QED) is 0.554. The molecule has 116 valence electrons. The van der Waals surface area contributed by atoms with E-state index in [1.165, 1.54) is 5.56 Å². The number of hydrogen-bond acceptors (Lipinski definition) is 2. The van der Waals surface area contributed by atoms with Crippen molar-refractivity contribution in [3.63, 3.8) is 0 Å². The second-order valence-corrected chi connectivity index (χ2v) is 6.65. The van der Waals surface area contributed by atoms with E-state index >= 15 is 0 Å². The van der Waals surface area contributed by atoms with Crippen molar-refractivity contribution in [2.24, 2.45) is 0 Å². The molecule has 2 rings (SSSR count). The van der Waals surface area contributed by atoms with Gasteiger partial charge < -0.3 is 10.1 Å². The summed E-state index contributed by atoms with van der Waals surface area (Å²) in [5.74, 6) is 0.848. The Morgan fingerprint density at radius 2 is 1.91 bits per heavy atom. The van der Waals surface area contributed by atoms with Gasteiger partial charge >= 0.3 is 0 Å². The smallest absolute Gasteiger partial charge is 0.139 e. The average Bonchev–Trinajstić information content (AvgIpc) is 2.52. The number of ether oxygens (including phenoxy) is 1. The fraction of sp³-hybridized carbons (Fsp3) is 0.222. The van der Waals surface area contributed by atoms with Gasteiger partial charge in [-0.05, 0) is 52.2 Å². The van der Waals surface area contributed by atoms with Crippen molar-refractivity contribution in [2.75, 3.05) is 11.9 Å². The first-order valence-corrected chi connectivity index (χ1v) is 8.77. The Balaban J connectivity index is 2.14. The Kier molecular flexibility index (Phi) is 6.52. The van der Waals surface area contributed by atoms with Gasteiger partial charge in [-0.1, -0.05) is 47.6 Å². The standard InChI is InChI=1S/C18H19Br2NO/c1-3-9-22-18-14(10-15(19)11-17(18)20)12-21-16-7-5-13(4-2)6-8-16/h3,5-8,10-11,21H,1,4,9,12H2,2H3. The lowest BCUT2D eigenvalue weighted by Gasteiger charge is -2.14. The van der Waals surface area contributed by atoms with Crippen LogP contribution in [0.5, 0.6) is 5.75 Å². The molecule has 0 aliphatic carbocycles. The van der Waals surface area contributed by atoms with Crippen molar-refractivity contribution in [1.29, 1.82) is 0 Å². The van der Waals surface area contributed by atoms with Crippen LogP contribution >= 0.6 is 31.9 Å². The fourth-order valence-electron chi connectivity index (χ4n) is 2.10. The van der Waals surface area contributed by atoms with Crippen molar-refractivity contribution in [1.82, 2.24) is 0 Å². The summed E-state index contributed by atoms with van der Waals surface area (Å²) in [6, 6.07) is 12.6. The molecule has 0 saturated heterocycles. The molecule has 0 aromatic heterocycles. The Morgan fingerprint density at radius 3 is 2.55 bits per heavy atom. The molecular weight excluding hydrogens is 406 g/mol. The predicted octanol–water partition coefficient (Wildman–Crippen LogP) is 5.95. The molecule has 0 radical (unpaired) electrons. The zero-order valence-corrected chi connectivity index (χ0v) is 15.7. The highest BCUT2D eigenvalue weighted by Crippen LogP contribution is 2.33. The van der Waals surface area contributed by atoms with Crippen LogP contribution in [-0.2, 0) is 13.0 Å². The number of aryl methyl sites for hydroxylation is 1. The maximum Gasteiger partial charge on any atom is 0.139 e. The molecule has 22 heavy (non-hydrogen) atoms. The average molecular weight is 425 g/mol. The second-order valence-electron chi connectivity index (χ2n) is 4.88. The number of halogens is 2. The monoisotopic (exact) mass is 423 g/mol. The molecule has 2 nitrogen and oxygen atoms in total. The molecule has 0 unspecified atom stereocenters. The van der Waals surface area contributed by atoms with Gasteiger partial charge in [0, 0.05) is 22.3 Å². The molecule has 0 heterocycles. The van der Waals surface area contributed by atoms with Crippen molar-refractivity contribution >= 4 is 37.5 Å². The number of rotatable bonds is 7. The minimum Gasteiger partial charge on any atom is -0.488 e. The lowest BCUT2D eigenvalue weighted by molar-refractivity contribution is 0.357. The van der Waals surface area contributed by atoms with Crippen LogP contribution in [0.1, 0.15) is 18.1 Å². The summed E-state index contributed by atoms with van der Waals surface area (Å²) in [7, 11) is 0. The maximum absolute atomic E-state index is 5.77. The molecule has 0 fully saturated rings. The maximum atomic E-state index is 5.77. The molecule has 2 aromatic carbocycles. The van der Waals surface area contributed by atoms with Crippen LogP contribution in [0.3, 0.4) is 0 Å². The van der Waals surface area contributed by atoms with E-state index in [0.717, 1.165) is 32.4 Å². The van der Waals surface area contributed by atoms with Crippen LogP contribution in [0.25, 0.3) is 0 Å². The third-order valence-corrected chi connectivity index (χ3v) is 4.32. The van der Waals surface area contributed by atoms with Gasteiger partial charge in [-0.2, -0.15) is 0 Å². The molecule has 0 bridgehead atoms. The second kappa shape index (κ2) is 8.39. The third kappa shape index (κ3) is 4.62. The first-order chi connectivity index (χ1) is 10.6. The summed E-state index contributed by atoms with van der Waals surface area (Å²) in [5.41, 5.74) is 3.52. The van der Waals surface area contributed by atoms with E-state index in [0.29, 0.717) is 13.2 Å². The highest BCUT2D eigenvalue weighted by atomic mass is 79.9. The van der Waals surface area contributed by atoms with E-state index in [2.05, 4.69) is 81.0 Å². The molecular formula is C18H19Br2NO. The Bertz CT molecular complexity index is 638. The summed E-state index contributed by atoms with van der Waals surface area (Å²) in [5, 5.41) is 3.44. The topological polar surface area (TPSA) is 21.3 Å². The lowest BCUT2D eigenvalue weighted by atomic mass is 10.1. The SMILES string of the molecule is C=CCOc1c(Br)cc(Br)cc1CNc1ccc(CC)cc1. The van der Waals surface area contributed by atoms with Gasteiger partial charge in [0.2, 0.25) is 0 Å². The molecule has 4 heteroatoms. The fourth-order valence-corrected chi connectivity index (χ4v) is 3.53. The van der Waals surface area contributed by atoms with Gasteiger partial charge in [0.1, 0.15) is 12.4 Å². The van der Waals surface area contributed by atoms with Gasteiger partial charge in [-0.15, -0.1) is 0 Å². The van der Waals surface area contributed by atoms with Crippen LogP contribution in [0.2, 0.25) is 0 Å². The van der Waals surface area contributed by atoms with E-state index < -0.39 is 0 Å². The minimum absolute atomic E-state index is 0.485. The van der Waals surface area contributed by atoms with E-state index in [9.17, 15) is 0 Å². The van der Waals surface area contributed by atoms with Crippen LogP contribution in [-0.4, -0.2) is 6.61 Å². The summed E-state index contributed by atoms with van der Waals surface area (Å²) in [4.78, 5) is 0. The molecule has 0 saturated carbocycles. The predicted molar refractivity (Wildman–Crippen MR) is 101 cm³/mol. The Labute approximate surface area is 148 Å². The normalized spacial score (nSPS) is 10.3. The van der Waals surface area contributed by atoms with Gasteiger partial charge in [-0.25, -0.2) is 0 Å². The van der Waals surface area contributed by atoms with Crippen LogP contribution < -0.4 is 10.1 Å². The number of anilines is 1. The zero-order valence-electron chi connectivity index (χ0n) is 12.5. The molecule has 0 spiro atoms. The van der Waals surface area contributed by atoms with Crippen molar-refractivity contribution in [3.05, 3.63) is 69.1 Å². The minimum atomic E-state index is 0.485. The molecule has 0 atom stereocenters. The van der Waals surface area contributed by atoms with E-state index in [1.54, 1.807) is 6.08 Å². The molecule has 0 aliphatic rings. The number of benzene rings is 2. The van der Waals surface area contributed by atoms with E-state index in [4.69, 9.17) is 4.74 Å². The molecule has 0 aliphatic heterocycles. The summed E-state index contributed by atoms with van der Waals surface area (Å²) < 4.78 is 7.72. The Morgan fingerprint density at radius 1 is 1.18 bits per heavy atom. The highest BCUT2D eigenvalue weighted by Gasteiger charge is 2.10. The first-order valence-electron chi connectivity index (χ1n) is 7.18. The van der Waals surface area contributed by atoms with Crippen LogP contribution in [0.4, 0.5) is 5.69 Å². The van der Waals surface area contributed by atoms with Gasteiger partial charge in [-0.3, -0.25) is 0 Å². The first kappa shape index (κ1) is 17.1. The lowest BCUT2D eigenvalue weighted by Crippen LogP contribution is -2.04.